The summed E-state index contributed by atoms with van der Waals surface area (Å²) in [6.45, 7) is 0. The average molecular weight is 724 g/mol. The van der Waals surface area contributed by atoms with Crippen LogP contribution in [0.2, 0.25) is 0 Å². The molecular formula is C27H16N3Na3O11S3. The number of hydrogen-bond acceptors (Lipinski definition) is 14. The number of hydrogen-bond donors (Lipinski definition) is 2. The van der Waals surface area contributed by atoms with E-state index in [0.29, 0.717) is 5.39 Å². The van der Waals surface area contributed by atoms with E-state index in [1.165, 1.54) is 36.4 Å². The Bertz CT molecular complexity index is 2190. The van der Waals surface area contributed by atoms with Crippen LogP contribution in [-0.2, 0) is 29.6 Å². The number of rotatable bonds is 9. The molecule has 0 saturated carbocycles. The zero-order valence-corrected chi connectivity index (χ0v) is 33.2. The van der Waals surface area contributed by atoms with Gasteiger partial charge in [-0.15, -0.1) is 10.2 Å². The Labute approximate surface area is 338 Å². The normalized spacial score (nSPS) is 11.5. The van der Waals surface area contributed by atoms with Crippen LogP contribution in [0, 0.1) is 0 Å². The van der Waals surface area contributed by atoms with Crippen molar-refractivity contribution < 1.29 is 139 Å². The maximum absolute atomic E-state index is 12.9. The molecular weight excluding hydrogens is 707 g/mol. The molecule has 0 aliphatic rings. The standard InChI is InChI=1S/C27H19N3O11S3.3Na/c31-25-23-17(12-18(43(34,35)36)14-21(23)28-27(32)16-7-2-1-3-8-16)13-22(42-41-40-33)24(25)30-29-20-11-10-15-6-4-5-9-19(15)26(20)44(37,38)39;;;/h1-14,31,33H,(H,28,32)(H,34,35,36)(H,37,38,39);;;/q;3*+1/p-3. The molecule has 1 amide bonds. The largest absolute Gasteiger partial charge is 1.00 e. The average Bonchev–Trinajstić information content (AvgIpc) is 2.98. The number of azo groups is 1. The third-order valence-corrected chi connectivity index (χ3v) is 8.57. The molecule has 0 bridgehead atoms. The van der Waals surface area contributed by atoms with Gasteiger partial charge < -0.3 is 24.8 Å². The monoisotopic (exact) mass is 723 g/mol. The molecule has 5 rings (SSSR count). The van der Waals surface area contributed by atoms with Crippen LogP contribution in [0.25, 0.3) is 21.5 Å². The zero-order chi connectivity index (χ0) is 31.6. The van der Waals surface area contributed by atoms with Crippen molar-refractivity contribution in [2.45, 2.75) is 14.7 Å². The van der Waals surface area contributed by atoms with Gasteiger partial charge in [0, 0.05) is 16.3 Å². The van der Waals surface area contributed by atoms with E-state index in [4.69, 9.17) is 0 Å². The summed E-state index contributed by atoms with van der Waals surface area (Å²) in [5.41, 5.74) is -1.01. The van der Waals surface area contributed by atoms with Gasteiger partial charge in [-0.2, -0.15) is 4.33 Å². The van der Waals surface area contributed by atoms with Crippen LogP contribution in [0.3, 0.4) is 0 Å². The first-order valence-electron chi connectivity index (χ1n) is 12.1. The smallest absolute Gasteiger partial charge is 0.744 e. The second-order valence-corrected chi connectivity index (χ2v) is 12.4. The van der Waals surface area contributed by atoms with Crippen molar-refractivity contribution in [1.82, 2.24) is 0 Å². The van der Waals surface area contributed by atoms with Crippen molar-refractivity contribution >= 4 is 76.8 Å². The quantitative estimate of drug-likeness (QED) is 0.0366. The van der Waals surface area contributed by atoms with Gasteiger partial charge in [0.15, 0.2) is 5.75 Å². The Balaban J connectivity index is 0.00000256. The number of aromatic hydroxyl groups is 1. The van der Waals surface area contributed by atoms with E-state index < -0.39 is 47.4 Å². The molecule has 0 aliphatic carbocycles. The summed E-state index contributed by atoms with van der Waals surface area (Å²) in [5.74, 6) is -1.48. The fourth-order valence-electron chi connectivity index (χ4n) is 4.37. The summed E-state index contributed by atoms with van der Waals surface area (Å²) in [7, 11) is -10.2. The van der Waals surface area contributed by atoms with E-state index in [-0.39, 0.29) is 139 Å². The second kappa shape index (κ2) is 17.5. The Morgan fingerprint density at radius 3 is 2.11 bits per heavy atom. The Morgan fingerprint density at radius 1 is 0.809 bits per heavy atom. The molecule has 0 atom stereocenters. The van der Waals surface area contributed by atoms with Gasteiger partial charge in [-0.1, -0.05) is 48.5 Å². The van der Waals surface area contributed by atoms with Gasteiger partial charge >= 0.3 is 88.7 Å². The summed E-state index contributed by atoms with van der Waals surface area (Å²) in [4.78, 5) is 11.3. The third-order valence-electron chi connectivity index (χ3n) is 6.21. The number of nitrogens with one attached hydrogen (secondary N) is 1. The van der Waals surface area contributed by atoms with Crippen molar-refractivity contribution in [3.8, 4) is 5.75 Å². The molecule has 0 aliphatic heterocycles. The van der Waals surface area contributed by atoms with Crippen molar-refractivity contribution in [2.24, 2.45) is 10.2 Å². The summed E-state index contributed by atoms with van der Waals surface area (Å²) in [6.07, 6.45) is 0. The molecule has 20 heteroatoms. The topological polar surface area (TPSA) is 230 Å². The number of carbonyl (C=O) groups is 1. The van der Waals surface area contributed by atoms with E-state index in [1.54, 1.807) is 30.3 Å². The molecule has 226 valence electrons. The molecule has 0 unspecified atom stereocenters. The first kappa shape index (κ1) is 41.7. The Hall–Kier alpha value is -1.46. The molecule has 47 heavy (non-hydrogen) atoms. The van der Waals surface area contributed by atoms with Gasteiger partial charge in [0.05, 0.1) is 32.4 Å². The van der Waals surface area contributed by atoms with Crippen molar-refractivity contribution in [2.75, 3.05) is 5.32 Å². The van der Waals surface area contributed by atoms with Crippen LogP contribution >= 0.6 is 12.0 Å². The number of benzene rings is 5. The van der Waals surface area contributed by atoms with Crippen molar-refractivity contribution in [3.05, 3.63) is 90.5 Å². The van der Waals surface area contributed by atoms with E-state index >= 15 is 0 Å². The molecule has 0 heterocycles. The minimum Gasteiger partial charge on any atom is -0.744 e. The van der Waals surface area contributed by atoms with Crippen LogP contribution in [0.1, 0.15) is 10.4 Å². The van der Waals surface area contributed by atoms with Gasteiger partial charge in [-0.05, 0) is 47.2 Å². The predicted octanol–water partition coefficient (Wildman–Crippen LogP) is -4.58. The fourth-order valence-corrected chi connectivity index (χ4v) is 6.22. The molecule has 2 N–H and O–H groups in total. The minimum absolute atomic E-state index is 0. The summed E-state index contributed by atoms with van der Waals surface area (Å²) in [6, 6.07) is 19.5. The number of carbonyl (C=O) groups excluding carboxylic acids is 1. The number of amides is 1. The molecule has 0 fully saturated rings. The predicted molar refractivity (Wildman–Crippen MR) is 152 cm³/mol. The summed E-state index contributed by atoms with van der Waals surface area (Å²) >= 11 is 0.210. The van der Waals surface area contributed by atoms with Crippen LogP contribution in [-0.4, -0.2) is 37.0 Å². The third kappa shape index (κ3) is 9.62. The van der Waals surface area contributed by atoms with Crippen LogP contribution in [0.15, 0.2) is 110 Å². The molecule has 0 aromatic heterocycles. The summed E-state index contributed by atoms with van der Waals surface area (Å²) in [5, 5.41) is 35.8. The number of phenolic OH excluding ortho intramolecular Hbond substituents is 1. The Kier molecular flexibility index (Phi) is 15.5. The van der Waals surface area contributed by atoms with E-state index in [2.05, 4.69) is 24.9 Å². The first-order valence-corrected chi connectivity index (χ1v) is 15.6. The van der Waals surface area contributed by atoms with E-state index in [9.17, 15) is 41.1 Å². The number of anilines is 1. The van der Waals surface area contributed by atoms with Gasteiger partial charge in [-0.3, -0.25) is 9.83 Å². The molecule has 5 aromatic carbocycles. The maximum Gasteiger partial charge on any atom is 1.00 e. The maximum atomic E-state index is 12.9. The fraction of sp³-hybridized carbons (Fsp3) is 0. The molecule has 0 radical (unpaired) electrons. The molecule has 14 nitrogen and oxygen atoms in total. The Morgan fingerprint density at radius 2 is 1.47 bits per heavy atom. The zero-order valence-electron chi connectivity index (χ0n) is 24.7. The SMILES string of the molecule is O=C(Nc1cc(S(=O)(=O)[O-])cc2cc(SOO[O-])c(N=Nc3ccc4ccccc4c3S(=O)(=O)[O-])c(O)c12)c1ccccc1.[Na+].[Na+].[Na+]. The van der Waals surface area contributed by atoms with Crippen LogP contribution in [0.4, 0.5) is 17.1 Å². The van der Waals surface area contributed by atoms with Gasteiger partial charge in [0.1, 0.15) is 31.6 Å². The number of nitrogens with zero attached hydrogens (tertiary/aromatic N) is 2. The van der Waals surface area contributed by atoms with Crippen LogP contribution in [0.5, 0.6) is 5.75 Å². The van der Waals surface area contributed by atoms with E-state index in [0.717, 1.165) is 18.2 Å². The van der Waals surface area contributed by atoms with Crippen molar-refractivity contribution in [1.29, 1.82) is 0 Å². The van der Waals surface area contributed by atoms with Gasteiger partial charge in [0.25, 0.3) is 5.91 Å². The minimum atomic E-state index is -5.09. The van der Waals surface area contributed by atoms with Crippen molar-refractivity contribution in [3.63, 3.8) is 0 Å². The first-order chi connectivity index (χ1) is 20.9. The second-order valence-electron chi connectivity index (χ2n) is 8.92. The summed E-state index contributed by atoms with van der Waals surface area (Å²) < 4.78 is 76.8. The van der Waals surface area contributed by atoms with Gasteiger partial charge in [-0.25, -0.2) is 16.8 Å². The van der Waals surface area contributed by atoms with Crippen LogP contribution < -0.4 is 99.2 Å². The van der Waals surface area contributed by atoms with Gasteiger partial charge in [0.2, 0.25) is 0 Å². The number of phenols is 1. The molecule has 0 saturated heterocycles. The molecule has 0 spiro atoms. The number of fused-ring (bicyclic) bond motifs is 2. The van der Waals surface area contributed by atoms with E-state index in [1.807, 2.05) is 0 Å². The molecule has 5 aromatic rings.